The number of carbonyl (C=O) groups excluding carboxylic acids is 4. The number of imidazole rings is 2. The van der Waals surface area contributed by atoms with E-state index in [4.69, 9.17) is 4.74 Å². The molecular weight excluding hydrogens is 757 g/mol. The van der Waals surface area contributed by atoms with Gasteiger partial charge in [0.25, 0.3) is 0 Å². The predicted molar refractivity (Wildman–Crippen MR) is 232 cm³/mol. The number of methoxy groups -OCH3 is 1. The highest BCUT2D eigenvalue weighted by atomic mass is 16.5. The first-order valence-corrected chi connectivity index (χ1v) is 20.6. The van der Waals surface area contributed by atoms with E-state index >= 15 is 0 Å². The summed E-state index contributed by atoms with van der Waals surface area (Å²) < 4.78 is 4.83. The first kappa shape index (κ1) is 42.8. The van der Waals surface area contributed by atoms with Crippen molar-refractivity contribution >= 4 is 24.3 Å². The zero-order chi connectivity index (χ0) is 42.3. The number of carbonyl (C=O) groups is 4. The van der Waals surface area contributed by atoms with Gasteiger partial charge in [-0.05, 0) is 59.9 Å². The smallest absolute Gasteiger partial charge is 0.407 e. The van der Waals surface area contributed by atoms with Crippen LogP contribution in [0.4, 0.5) is 4.79 Å². The third-order valence-electron chi connectivity index (χ3n) is 10.5. The van der Waals surface area contributed by atoms with E-state index in [0.29, 0.717) is 50.5 Å². The summed E-state index contributed by atoms with van der Waals surface area (Å²) in [6.45, 7) is 5.64. The van der Waals surface area contributed by atoms with Crippen LogP contribution in [0, 0.1) is 0 Å². The Labute approximate surface area is 351 Å². The number of hydrogen-bond donors (Lipinski definition) is 4. The van der Waals surface area contributed by atoms with Crippen molar-refractivity contribution in [1.82, 2.24) is 40.4 Å². The summed E-state index contributed by atoms with van der Waals surface area (Å²) in [5.74, 6) is 0.979. The molecular formula is C47H54N8O5. The van der Waals surface area contributed by atoms with E-state index < -0.39 is 18.2 Å². The molecule has 1 aliphatic rings. The van der Waals surface area contributed by atoms with Crippen molar-refractivity contribution in [3.05, 3.63) is 132 Å². The average Bonchev–Trinajstić information content (AvgIpc) is 3.96. The van der Waals surface area contributed by atoms with Crippen molar-refractivity contribution in [3.8, 4) is 33.6 Å². The second-order valence-electron chi connectivity index (χ2n) is 14.9. The fourth-order valence-corrected chi connectivity index (χ4v) is 7.38. The van der Waals surface area contributed by atoms with Crippen LogP contribution in [0.25, 0.3) is 33.6 Å². The quantitative estimate of drug-likeness (QED) is 0.0597. The van der Waals surface area contributed by atoms with E-state index in [1.54, 1.807) is 22.2 Å². The lowest BCUT2D eigenvalue weighted by Crippen LogP contribution is -2.49. The summed E-state index contributed by atoms with van der Waals surface area (Å²) in [5.41, 5.74) is 7.76. The number of allylic oxidation sites excluding steroid dienone is 3. The fourth-order valence-electron chi connectivity index (χ4n) is 7.38. The molecule has 4 amide bonds. The first-order valence-electron chi connectivity index (χ1n) is 20.6. The van der Waals surface area contributed by atoms with Gasteiger partial charge in [-0.15, -0.1) is 0 Å². The molecule has 4 N–H and O–H groups in total. The van der Waals surface area contributed by atoms with Gasteiger partial charge in [0, 0.05) is 19.5 Å². The van der Waals surface area contributed by atoms with Crippen LogP contribution >= 0.6 is 0 Å². The van der Waals surface area contributed by atoms with Gasteiger partial charge in [0.05, 0.1) is 44.0 Å². The van der Waals surface area contributed by atoms with E-state index in [1.807, 2.05) is 80.6 Å². The largest absolute Gasteiger partial charge is 0.453 e. The Balaban J connectivity index is 1.08. The molecule has 0 radical (unpaired) electrons. The zero-order valence-electron chi connectivity index (χ0n) is 34.5. The number of rotatable bonds is 20. The molecule has 0 saturated heterocycles. The van der Waals surface area contributed by atoms with Gasteiger partial charge in [-0.3, -0.25) is 14.4 Å². The molecule has 6 rings (SSSR count). The number of H-pyrrole nitrogens is 2. The molecule has 0 saturated carbocycles. The summed E-state index contributed by atoms with van der Waals surface area (Å²) >= 11 is 0. The lowest BCUT2D eigenvalue weighted by Gasteiger charge is -2.27. The maximum absolute atomic E-state index is 13.8. The molecule has 13 heteroatoms. The van der Waals surface area contributed by atoms with Gasteiger partial charge in [-0.25, -0.2) is 14.8 Å². The van der Waals surface area contributed by atoms with Crippen molar-refractivity contribution in [2.45, 2.75) is 77.5 Å². The number of alkyl carbamates (subject to hydrolysis) is 1. The number of benzene rings is 3. The van der Waals surface area contributed by atoms with Crippen LogP contribution in [-0.2, 0) is 38.6 Å². The van der Waals surface area contributed by atoms with Gasteiger partial charge in [0.1, 0.15) is 23.7 Å². The number of ether oxygens (including phenoxy) is 1. The molecule has 2 atom stereocenters. The topological polar surface area (TPSA) is 165 Å². The average molecular weight is 811 g/mol. The number of hydrogen-bond acceptors (Lipinski definition) is 7. The molecule has 3 aromatic carbocycles. The molecule has 60 heavy (non-hydrogen) atoms. The Morgan fingerprint density at radius 2 is 1.28 bits per heavy atom. The number of nitrogens with one attached hydrogen (secondary N) is 4. The summed E-state index contributed by atoms with van der Waals surface area (Å²) in [6, 6.07) is 24.6. The van der Waals surface area contributed by atoms with Crippen molar-refractivity contribution in [3.63, 3.8) is 0 Å². The first-order chi connectivity index (χ1) is 29.3. The highest BCUT2D eigenvalue weighted by molar-refractivity contribution is 5.86. The monoisotopic (exact) mass is 810 g/mol. The Bertz CT molecular complexity index is 2240. The van der Waals surface area contributed by atoms with Gasteiger partial charge in [-0.1, -0.05) is 117 Å². The third kappa shape index (κ3) is 11.5. The maximum Gasteiger partial charge on any atom is 0.407 e. The highest BCUT2D eigenvalue weighted by Gasteiger charge is 2.28. The number of amides is 4. The predicted octanol–water partition coefficient (Wildman–Crippen LogP) is 7.36. The van der Waals surface area contributed by atoms with Crippen LogP contribution in [0.2, 0.25) is 0 Å². The van der Waals surface area contributed by atoms with Crippen LogP contribution in [0.1, 0.15) is 63.2 Å². The van der Waals surface area contributed by atoms with E-state index in [1.165, 1.54) is 7.11 Å². The van der Waals surface area contributed by atoms with E-state index in [9.17, 15) is 19.2 Å². The second-order valence-corrected chi connectivity index (χ2v) is 14.9. The summed E-state index contributed by atoms with van der Waals surface area (Å²) in [6.07, 6.45) is 13.8. The Kier molecular flexibility index (Phi) is 15.2. The number of nitrogens with zero attached hydrogens (tertiary/aromatic N) is 4. The van der Waals surface area contributed by atoms with Crippen molar-refractivity contribution < 1.29 is 23.9 Å². The molecule has 0 unspecified atom stereocenters. The minimum atomic E-state index is -0.794. The third-order valence-corrected chi connectivity index (χ3v) is 10.5. The molecule has 0 aliphatic heterocycles. The molecule has 0 fully saturated rings. The van der Waals surface area contributed by atoms with Gasteiger partial charge >= 0.3 is 6.09 Å². The lowest BCUT2D eigenvalue weighted by molar-refractivity contribution is -0.135. The number of aromatic amines is 2. The van der Waals surface area contributed by atoms with E-state index in [-0.39, 0.29) is 18.4 Å². The standard InChI is InChI=1S/C47H54N8O5/c1-4-24-54(45(57)39(50-32-56)26-33-12-8-6-9-13-33)30-43-48-28-41(51-43)37-20-16-35(17-21-37)36-18-22-38(23-19-36)42-29-49-44(52-42)31-55(25-5-2)46(58)40(53-47(59)60-3)27-34-14-10-7-11-15-34/h6-8,10-12,14-23,28-29,32,39-40H,4-5,9,13,24-27,30-31H2,1-3H3,(H,48,51)(H,49,52)(H,50,56)(H,53,59)/t39-,40-/m1/s1. The van der Waals surface area contributed by atoms with Crippen LogP contribution < -0.4 is 10.6 Å². The molecule has 13 nitrogen and oxygen atoms in total. The van der Waals surface area contributed by atoms with E-state index in [0.717, 1.165) is 70.5 Å². The molecule has 0 spiro atoms. The Morgan fingerprint density at radius 1 is 0.750 bits per heavy atom. The summed E-state index contributed by atoms with van der Waals surface area (Å²) in [4.78, 5) is 70.5. The zero-order valence-corrected chi connectivity index (χ0v) is 34.5. The van der Waals surface area contributed by atoms with E-state index in [2.05, 4.69) is 60.9 Å². The minimum absolute atomic E-state index is 0.120. The normalized spacial score (nSPS) is 13.2. The van der Waals surface area contributed by atoms with Crippen molar-refractivity contribution in [2.75, 3.05) is 20.2 Å². The fraction of sp³-hybridized carbons (Fsp3) is 0.319. The van der Waals surface area contributed by atoms with Gasteiger partial charge in [0.2, 0.25) is 18.2 Å². The Morgan fingerprint density at radius 3 is 1.77 bits per heavy atom. The van der Waals surface area contributed by atoms with Crippen LogP contribution in [0.3, 0.4) is 0 Å². The molecule has 2 heterocycles. The van der Waals surface area contributed by atoms with Gasteiger partial charge in [-0.2, -0.15) is 0 Å². The van der Waals surface area contributed by atoms with Crippen molar-refractivity contribution in [2.24, 2.45) is 0 Å². The van der Waals surface area contributed by atoms with Crippen molar-refractivity contribution in [1.29, 1.82) is 0 Å². The molecule has 312 valence electrons. The summed E-state index contributed by atoms with van der Waals surface area (Å²) in [5, 5.41) is 5.47. The van der Waals surface area contributed by atoms with Gasteiger partial charge in [0.15, 0.2) is 0 Å². The second kappa shape index (κ2) is 21.3. The van der Waals surface area contributed by atoms with Crippen LogP contribution in [0.15, 0.2) is 115 Å². The molecule has 2 aromatic heterocycles. The van der Waals surface area contributed by atoms with Crippen LogP contribution in [0.5, 0.6) is 0 Å². The number of aromatic nitrogens is 4. The van der Waals surface area contributed by atoms with Crippen LogP contribution in [-0.4, -0.2) is 86.3 Å². The molecule has 0 bridgehead atoms. The lowest BCUT2D eigenvalue weighted by atomic mass is 9.97. The SMILES string of the molecule is CCCN(Cc1ncc(-c2ccc(-c3ccc(-c4cnc(CN(CCC)C(=O)[C@@H](Cc5ccccc5)NC(=O)OC)[nH]4)cc3)cc2)[nH]1)C(=O)[C@@H](CC1=CC=CCC1)NC=O. The summed E-state index contributed by atoms with van der Waals surface area (Å²) in [7, 11) is 1.28. The maximum atomic E-state index is 13.8. The minimum Gasteiger partial charge on any atom is -0.453 e. The molecule has 1 aliphatic carbocycles. The van der Waals surface area contributed by atoms with Gasteiger partial charge < -0.3 is 35.1 Å². The Hall–Kier alpha value is -6.76. The highest BCUT2D eigenvalue weighted by Crippen LogP contribution is 2.27. The molecule has 5 aromatic rings.